The van der Waals surface area contributed by atoms with Gasteiger partial charge in [-0.25, -0.2) is 8.42 Å². The molecule has 1 aromatic rings. The van der Waals surface area contributed by atoms with E-state index in [2.05, 4.69) is 5.32 Å². The van der Waals surface area contributed by atoms with Gasteiger partial charge in [-0.1, -0.05) is 23.2 Å². The van der Waals surface area contributed by atoms with E-state index in [9.17, 15) is 8.42 Å². The van der Waals surface area contributed by atoms with E-state index in [0.717, 1.165) is 0 Å². The Kier molecular flexibility index (Phi) is 2.94. The van der Waals surface area contributed by atoms with Crippen molar-refractivity contribution in [3.63, 3.8) is 0 Å². The van der Waals surface area contributed by atoms with E-state index in [1.807, 2.05) is 0 Å². The summed E-state index contributed by atoms with van der Waals surface area (Å²) in [6.07, 6.45) is 0. The van der Waals surface area contributed by atoms with Gasteiger partial charge in [0.15, 0.2) is 9.84 Å². The fraction of sp³-hybridized carbons (Fsp3) is 0.333. The molecule has 82 valence electrons. The summed E-state index contributed by atoms with van der Waals surface area (Å²) in [7, 11) is -3.25. The Hall–Kier alpha value is -0.290. The highest BCUT2D eigenvalue weighted by atomic mass is 35.5. The molecule has 0 bridgehead atoms. The molecule has 0 spiro atoms. The van der Waals surface area contributed by atoms with Crippen LogP contribution in [0.15, 0.2) is 23.1 Å². The van der Waals surface area contributed by atoms with Crippen molar-refractivity contribution in [3.8, 4) is 0 Å². The molecule has 2 rings (SSSR count). The number of sulfone groups is 1. The molecule has 6 heteroatoms. The Balaban J connectivity index is 2.40. The largest absolute Gasteiger partial charge is 0.314 e. The van der Waals surface area contributed by atoms with Crippen LogP contribution in [0.4, 0.5) is 0 Å². The van der Waals surface area contributed by atoms with Crippen molar-refractivity contribution in [2.45, 2.75) is 10.1 Å². The number of rotatable bonds is 2. The first-order valence-corrected chi connectivity index (χ1v) is 6.72. The molecule has 0 aromatic heterocycles. The molecule has 0 amide bonds. The van der Waals surface area contributed by atoms with Crippen molar-refractivity contribution >= 4 is 33.0 Å². The third-order valence-electron chi connectivity index (χ3n) is 2.40. The molecule has 1 fully saturated rings. The highest BCUT2D eigenvalue weighted by Gasteiger charge is 2.32. The first-order chi connectivity index (χ1) is 7.01. The summed E-state index contributed by atoms with van der Waals surface area (Å²) in [5, 5.41) is 3.22. The van der Waals surface area contributed by atoms with Crippen LogP contribution in [-0.2, 0) is 9.84 Å². The Morgan fingerprint density at radius 1 is 1.20 bits per heavy atom. The zero-order valence-electron chi connectivity index (χ0n) is 7.70. The number of hydrogen-bond donors (Lipinski definition) is 1. The molecule has 1 aromatic carbocycles. The molecule has 1 aliphatic heterocycles. The number of hydrogen-bond acceptors (Lipinski definition) is 3. The molecular weight excluding hydrogens is 257 g/mol. The van der Waals surface area contributed by atoms with Gasteiger partial charge in [-0.3, -0.25) is 0 Å². The highest BCUT2D eigenvalue weighted by molar-refractivity contribution is 7.92. The second-order valence-electron chi connectivity index (χ2n) is 3.40. The Labute approximate surface area is 98.3 Å². The van der Waals surface area contributed by atoms with Crippen molar-refractivity contribution in [2.75, 3.05) is 13.1 Å². The highest BCUT2D eigenvalue weighted by Crippen LogP contribution is 2.27. The third kappa shape index (κ3) is 1.99. The second-order valence-corrected chi connectivity index (χ2v) is 6.44. The summed E-state index contributed by atoms with van der Waals surface area (Å²) in [4.78, 5) is 0.239. The fourth-order valence-electron chi connectivity index (χ4n) is 1.33. The second kappa shape index (κ2) is 3.94. The van der Waals surface area contributed by atoms with E-state index < -0.39 is 9.84 Å². The standard InChI is InChI=1S/C9H9Cl2NO2S/c10-8-2-1-6(3-9(8)11)15(13,14)7-4-12-5-7/h1-3,7,12H,4-5H2. The van der Waals surface area contributed by atoms with E-state index >= 15 is 0 Å². The van der Waals surface area contributed by atoms with Crippen molar-refractivity contribution in [1.29, 1.82) is 0 Å². The van der Waals surface area contributed by atoms with Crippen molar-refractivity contribution in [1.82, 2.24) is 5.32 Å². The Morgan fingerprint density at radius 3 is 2.33 bits per heavy atom. The monoisotopic (exact) mass is 265 g/mol. The van der Waals surface area contributed by atoms with Crippen molar-refractivity contribution < 1.29 is 8.42 Å². The quantitative estimate of drug-likeness (QED) is 0.886. The Morgan fingerprint density at radius 2 is 1.87 bits per heavy atom. The molecule has 3 nitrogen and oxygen atoms in total. The molecule has 0 radical (unpaired) electrons. The first-order valence-electron chi connectivity index (χ1n) is 4.41. The molecule has 15 heavy (non-hydrogen) atoms. The van der Waals surface area contributed by atoms with E-state index in [4.69, 9.17) is 23.2 Å². The van der Waals surface area contributed by atoms with Crippen LogP contribution in [0.1, 0.15) is 0 Å². The van der Waals surface area contributed by atoms with Gasteiger partial charge in [0.25, 0.3) is 0 Å². The molecule has 1 saturated heterocycles. The van der Waals surface area contributed by atoms with Gasteiger partial charge in [0, 0.05) is 13.1 Å². The summed E-state index contributed by atoms with van der Waals surface area (Å²) < 4.78 is 23.9. The minimum atomic E-state index is -3.25. The SMILES string of the molecule is O=S(=O)(c1ccc(Cl)c(Cl)c1)C1CNC1. The fourth-order valence-corrected chi connectivity index (χ4v) is 3.29. The molecule has 1 N–H and O–H groups in total. The van der Waals surface area contributed by atoms with Gasteiger partial charge in [-0.05, 0) is 18.2 Å². The summed E-state index contributed by atoms with van der Waals surface area (Å²) in [6, 6.07) is 4.39. The summed E-state index contributed by atoms with van der Waals surface area (Å²) >= 11 is 11.5. The maximum Gasteiger partial charge on any atom is 0.183 e. The zero-order chi connectivity index (χ0) is 11.1. The van der Waals surface area contributed by atoms with Crippen LogP contribution in [0.25, 0.3) is 0 Å². The predicted molar refractivity (Wildman–Crippen MR) is 60.3 cm³/mol. The lowest BCUT2D eigenvalue weighted by Crippen LogP contribution is -2.51. The van der Waals surface area contributed by atoms with Crippen LogP contribution in [0, 0.1) is 0 Å². The molecule has 1 aliphatic rings. The van der Waals surface area contributed by atoms with Gasteiger partial charge in [0.2, 0.25) is 0 Å². The first kappa shape index (κ1) is 11.2. The normalized spacial score (nSPS) is 17.5. The minimum absolute atomic E-state index is 0.239. The third-order valence-corrected chi connectivity index (χ3v) is 5.26. The average molecular weight is 266 g/mol. The van der Waals surface area contributed by atoms with Gasteiger partial charge in [0.1, 0.15) is 0 Å². The lowest BCUT2D eigenvalue weighted by atomic mass is 10.3. The molecule has 0 aliphatic carbocycles. The van der Waals surface area contributed by atoms with E-state index in [-0.39, 0.29) is 15.2 Å². The van der Waals surface area contributed by atoms with Crippen LogP contribution in [0.2, 0.25) is 10.0 Å². The van der Waals surface area contributed by atoms with Crippen LogP contribution < -0.4 is 5.32 Å². The Bertz CT molecular complexity index is 483. The molecular formula is C9H9Cl2NO2S. The van der Waals surface area contributed by atoms with Crippen LogP contribution >= 0.6 is 23.2 Å². The van der Waals surface area contributed by atoms with E-state index in [0.29, 0.717) is 18.1 Å². The number of halogens is 2. The zero-order valence-corrected chi connectivity index (χ0v) is 10.0. The summed E-state index contributed by atoms with van der Waals surface area (Å²) in [6.45, 7) is 1.01. The van der Waals surface area contributed by atoms with E-state index in [1.54, 1.807) is 0 Å². The van der Waals surface area contributed by atoms with Crippen LogP contribution in [0.5, 0.6) is 0 Å². The minimum Gasteiger partial charge on any atom is -0.314 e. The van der Waals surface area contributed by atoms with Gasteiger partial charge >= 0.3 is 0 Å². The molecule has 0 atom stereocenters. The van der Waals surface area contributed by atoms with E-state index in [1.165, 1.54) is 18.2 Å². The van der Waals surface area contributed by atoms with Crippen LogP contribution in [0.3, 0.4) is 0 Å². The van der Waals surface area contributed by atoms with Gasteiger partial charge < -0.3 is 5.32 Å². The maximum atomic E-state index is 11.9. The number of nitrogens with one attached hydrogen (secondary N) is 1. The molecule has 0 unspecified atom stereocenters. The summed E-state index contributed by atoms with van der Waals surface area (Å²) in [5.74, 6) is 0. The predicted octanol–water partition coefficient (Wildman–Crippen LogP) is 1.74. The van der Waals surface area contributed by atoms with Crippen LogP contribution in [-0.4, -0.2) is 26.8 Å². The molecule has 1 heterocycles. The van der Waals surface area contributed by atoms with Gasteiger partial charge in [0.05, 0.1) is 20.2 Å². The van der Waals surface area contributed by atoms with Crippen molar-refractivity contribution in [3.05, 3.63) is 28.2 Å². The summed E-state index contributed by atoms with van der Waals surface area (Å²) in [5.41, 5.74) is 0. The van der Waals surface area contributed by atoms with Crippen molar-refractivity contribution in [2.24, 2.45) is 0 Å². The van der Waals surface area contributed by atoms with Gasteiger partial charge in [-0.2, -0.15) is 0 Å². The average Bonchev–Trinajstić information content (AvgIpc) is 2.05. The number of benzene rings is 1. The topological polar surface area (TPSA) is 46.2 Å². The van der Waals surface area contributed by atoms with Gasteiger partial charge in [-0.15, -0.1) is 0 Å². The molecule has 0 saturated carbocycles. The lowest BCUT2D eigenvalue weighted by molar-refractivity contribution is 0.495. The maximum absolute atomic E-state index is 11.9. The smallest absolute Gasteiger partial charge is 0.183 e. The lowest BCUT2D eigenvalue weighted by Gasteiger charge is -2.26.